The van der Waals surface area contributed by atoms with Crippen molar-refractivity contribution >= 4 is 5.97 Å². The summed E-state index contributed by atoms with van der Waals surface area (Å²) >= 11 is 0. The molecule has 5 atom stereocenters. The molecule has 3 saturated heterocycles. The number of hydrogen-bond acceptors (Lipinski definition) is 3. The molecule has 3 fully saturated rings. The lowest BCUT2D eigenvalue weighted by molar-refractivity contribution is -0.144. The van der Waals surface area contributed by atoms with Gasteiger partial charge in [-0.15, -0.1) is 0 Å². The summed E-state index contributed by atoms with van der Waals surface area (Å²) in [6, 6.07) is 0. The van der Waals surface area contributed by atoms with Gasteiger partial charge >= 0.3 is 5.97 Å². The third-order valence-corrected chi connectivity index (χ3v) is 5.32. The maximum Gasteiger partial charge on any atom is 0.312 e. The van der Waals surface area contributed by atoms with Gasteiger partial charge in [0.05, 0.1) is 12.0 Å². The van der Waals surface area contributed by atoms with Crippen molar-refractivity contribution in [2.24, 2.45) is 17.3 Å². The molecule has 3 nitrogen and oxygen atoms in total. The number of rotatable bonds is 4. The van der Waals surface area contributed by atoms with Crippen molar-refractivity contribution in [2.75, 3.05) is 0 Å². The van der Waals surface area contributed by atoms with Gasteiger partial charge in [-0.05, 0) is 24.7 Å². The van der Waals surface area contributed by atoms with E-state index in [1.54, 1.807) is 0 Å². The SMILES string of the molecule is C=C(CC1C2CC3C(=O)OC1C3O2)C(C)(C)CC. The monoisotopic (exact) mass is 250 g/mol. The number of ether oxygens (including phenoxy) is 2. The van der Waals surface area contributed by atoms with Crippen LogP contribution in [0.15, 0.2) is 12.2 Å². The highest BCUT2D eigenvalue weighted by molar-refractivity contribution is 5.77. The summed E-state index contributed by atoms with van der Waals surface area (Å²) in [5, 5.41) is 0. The van der Waals surface area contributed by atoms with Crippen LogP contribution in [0.2, 0.25) is 0 Å². The standard InChI is InChI=1S/C15H22O3/c1-5-15(3,4)8(2)6-9-11-7-10-13(17-11)12(9)18-14(10)16/h9-13H,2,5-7H2,1,3-4H3. The molecule has 3 aliphatic heterocycles. The first-order valence-corrected chi connectivity index (χ1v) is 6.98. The lowest BCUT2D eigenvalue weighted by Gasteiger charge is -2.30. The zero-order chi connectivity index (χ0) is 13.1. The molecule has 3 heteroatoms. The third-order valence-electron chi connectivity index (χ3n) is 5.32. The van der Waals surface area contributed by atoms with Gasteiger partial charge in [0.25, 0.3) is 0 Å². The Morgan fingerprint density at radius 2 is 2.17 bits per heavy atom. The second kappa shape index (κ2) is 3.83. The molecule has 3 aliphatic rings. The molecule has 0 radical (unpaired) electrons. The van der Waals surface area contributed by atoms with Gasteiger partial charge < -0.3 is 9.47 Å². The molecule has 100 valence electrons. The first-order valence-electron chi connectivity index (χ1n) is 6.98. The fourth-order valence-electron chi connectivity index (χ4n) is 3.44. The summed E-state index contributed by atoms with van der Waals surface area (Å²) in [4.78, 5) is 11.7. The van der Waals surface area contributed by atoms with E-state index in [9.17, 15) is 4.79 Å². The number of esters is 1. The van der Waals surface area contributed by atoms with E-state index in [2.05, 4.69) is 27.4 Å². The highest BCUT2D eigenvalue weighted by Gasteiger charge is 2.63. The Bertz CT molecular complexity index is 399. The summed E-state index contributed by atoms with van der Waals surface area (Å²) in [5.41, 5.74) is 1.41. The Morgan fingerprint density at radius 3 is 2.83 bits per heavy atom. The minimum Gasteiger partial charge on any atom is -0.459 e. The van der Waals surface area contributed by atoms with Crippen molar-refractivity contribution in [2.45, 2.75) is 58.3 Å². The molecule has 0 aromatic heterocycles. The average Bonchev–Trinajstić information content (AvgIpc) is 2.93. The number of carbonyl (C=O) groups excluding carboxylic acids is 1. The maximum atomic E-state index is 11.7. The molecule has 5 unspecified atom stereocenters. The van der Waals surface area contributed by atoms with Crippen molar-refractivity contribution in [3.05, 3.63) is 12.2 Å². The first kappa shape index (κ1) is 12.2. The minimum absolute atomic E-state index is 0.00865. The van der Waals surface area contributed by atoms with Crippen LogP contribution < -0.4 is 0 Å². The van der Waals surface area contributed by atoms with E-state index in [4.69, 9.17) is 9.47 Å². The molecule has 0 N–H and O–H groups in total. The highest BCUT2D eigenvalue weighted by Crippen LogP contribution is 2.52. The molecular formula is C15H22O3. The molecule has 2 bridgehead atoms. The Morgan fingerprint density at radius 1 is 1.44 bits per heavy atom. The molecule has 18 heavy (non-hydrogen) atoms. The van der Waals surface area contributed by atoms with E-state index in [0.717, 1.165) is 19.3 Å². The largest absolute Gasteiger partial charge is 0.459 e. The van der Waals surface area contributed by atoms with E-state index < -0.39 is 0 Å². The van der Waals surface area contributed by atoms with Crippen LogP contribution >= 0.6 is 0 Å². The minimum atomic E-state index is -0.0460. The van der Waals surface area contributed by atoms with E-state index >= 15 is 0 Å². The highest BCUT2D eigenvalue weighted by atomic mass is 16.6. The van der Waals surface area contributed by atoms with Gasteiger partial charge in [-0.2, -0.15) is 0 Å². The van der Waals surface area contributed by atoms with Crippen LogP contribution in [-0.2, 0) is 14.3 Å². The summed E-state index contributed by atoms with van der Waals surface area (Å²) in [6.45, 7) is 10.9. The Hall–Kier alpha value is -0.830. The molecule has 0 aromatic carbocycles. The van der Waals surface area contributed by atoms with Crippen molar-refractivity contribution in [3.63, 3.8) is 0 Å². The zero-order valence-corrected chi connectivity index (χ0v) is 11.4. The molecule has 0 spiro atoms. The number of allylic oxidation sites excluding steroid dienone is 1. The lowest BCUT2D eigenvalue weighted by Crippen LogP contribution is -2.33. The average molecular weight is 250 g/mol. The number of fused-ring (bicyclic) bond motifs is 1. The van der Waals surface area contributed by atoms with Crippen LogP contribution in [0.1, 0.15) is 40.0 Å². The van der Waals surface area contributed by atoms with Crippen molar-refractivity contribution in [1.82, 2.24) is 0 Å². The Balaban J connectivity index is 1.73. The van der Waals surface area contributed by atoms with Crippen molar-refractivity contribution < 1.29 is 14.3 Å². The Kier molecular flexibility index (Phi) is 2.60. The summed E-state index contributed by atoms with van der Waals surface area (Å²) in [5.74, 6) is 0.301. The predicted molar refractivity (Wildman–Crippen MR) is 68.0 cm³/mol. The van der Waals surface area contributed by atoms with Gasteiger partial charge in [-0.25, -0.2) is 0 Å². The second-order valence-corrected chi connectivity index (χ2v) is 6.59. The number of carbonyl (C=O) groups is 1. The van der Waals surface area contributed by atoms with Gasteiger partial charge in [0.15, 0.2) is 0 Å². The molecule has 0 amide bonds. The van der Waals surface area contributed by atoms with Gasteiger partial charge in [0, 0.05) is 5.92 Å². The fourth-order valence-corrected chi connectivity index (χ4v) is 3.44. The topological polar surface area (TPSA) is 35.5 Å². The van der Waals surface area contributed by atoms with Gasteiger partial charge in [0.1, 0.15) is 12.2 Å². The van der Waals surface area contributed by atoms with Crippen LogP contribution in [0, 0.1) is 17.3 Å². The third kappa shape index (κ3) is 1.56. The van der Waals surface area contributed by atoms with Gasteiger partial charge in [-0.1, -0.05) is 32.9 Å². The summed E-state index contributed by atoms with van der Waals surface area (Å²) in [6.07, 6.45) is 3.09. The van der Waals surface area contributed by atoms with Crippen molar-refractivity contribution in [3.8, 4) is 0 Å². The van der Waals surface area contributed by atoms with Crippen LogP contribution in [0.4, 0.5) is 0 Å². The van der Waals surface area contributed by atoms with E-state index in [-0.39, 0.29) is 35.6 Å². The van der Waals surface area contributed by atoms with Gasteiger partial charge in [-0.3, -0.25) is 4.79 Å². The zero-order valence-electron chi connectivity index (χ0n) is 11.4. The van der Waals surface area contributed by atoms with E-state index in [1.807, 2.05) is 0 Å². The molecule has 0 saturated carbocycles. The van der Waals surface area contributed by atoms with Crippen LogP contribution in [-0.4, -0.2) is 24.3 Å². The quantitative estimate of drug-likeness (QED) is 0.568. The Labute approximate surface area is 109 Å². The first-order chi connectivity index (χ1) is 8.44. The molecular weight excluding hydrogens is 228 g/mol. The van der Waals surface area contributed by atoms with E-state index in [0.29, 0.717) is 5.92 Å². The van der Waals surface area contributed by atoms with Crippen LogP contribution in [0.3, 0.4) is 0 Å². The molecule has 0 aliphatic carbocycles. The van der Waals surface area contributed by atoms with Crippen molar-refractivity contribution in [1.29, 1.82) is 0 Å². The molecule has 3 rings (SSSR count). The molecule has 3 heterocycles. The fraction of sp³-hybridized carbons (Fsp3) is 0.800. The van der Waals surface area contributed by atoms with Gasteiger partial charge in [0.2, 0.25) is 0 Å². The lowest BCUT2D eigenvalue weighted by atomic mass is 9.73. The summed E-state index contributed by atoms with van der Waals surface area (Å²) < 4.78 is 11.4. The van der Waals surface area contributed by atoms with Crippen LogP contribution in [0.5, 0.6) is 0 Å². The maximum absolute atomic E-state index is 11.7. The summed E-state index contributed by atoms with van der Waals surface area (Å²) in [7, 11) is 0. The predicted octanol–water partition coefficient (Wildman–Crippen LogP) is 2.70. The normalized spacial score (nSPS) is 41.3. The molecule has 0 aromatic rings. The van der Waals surface area contributed by atoms with Crippen LogP contribution in [0.25, 0.3) is 0 Å². The smallest absolute Gasteiger partial charge is 0.312 e. The van der Waals surface area contributed by atoms with E-state index in [1.165, 1.54) is 5.57 Å². The second-order valence-electron chi connectivity index (χ2n) is 6.59. The number of hydrogen-bond donors (Lipinski definition) is 0.